The van der Waals surface area contributed by atoms with Gasteiger partial charge in [-0.2, -0.15) is 13.2 Å². The molecule has 0 bridgehead atoms. The molecule has 24 heavy (non-hydrogen) atoms. The predicted molar refractivity (Wildman–Crippen MR) is 75.9 cm³/mol. The summed E-state index contributed by atoms with van der Waals surface area (Å²) in [6.45, 7) is -2.25. The third-order valence-corrected chi connectivity index (χ3v) is 2.71. The fourth-order valence-corrected chi connectivity index (χ4v) is 1.63. The van der Waals surface area contributed by atoms with Gasteiger partial charge in [0.25, 0.3) is 5.91 Å². The molecule has 132 valence electrons. The molecular weight excluding hydrogens is 357 g/mol. The van der Waals surface area contributed by atoms with Gasteiger partial charge in [-0.1, -0.05) is 11.6 Å². The number of esters is 1. The summed E-state index contributed by atoms with van der Waals surface area (Å²) in [6, 6.07) is 2.57. The molecule has 1 aromatic carbocycles. The van der Waals surface area contributed by atoms with Crippen molar-refractivity contribution in [2.75, 3.05) is 20.3 Å². The summed E-state index contributed by atoms with van der Waals surface area (Å²) in [4.78, 5) is 33.7. The monoisotopic (exact) mass is 368 g/mol. The Hall–Kier alpha value is -2.49. The highest BCUT2D eigenvalue weighted by atomic mass is 35.5. The van der Waals surface area contributed by atoms with Crippen LogP contribution in [0.25, 0.3) is 0 Å². The SMILES string of the molecule is COC(=O)c1ccc(OCC(=O)NC(=O)NCC(F)(F)F)c(Cl)c1. The third kappa shape index (κ3) is 6.73. The Labute approximate surface area is 139 Å². The zero-order valence-electron chi connectivity index (χ0n) is 12.2. The van der Waals surface area contributed by atoms with Crippen molar-refractivity contribution in [2.45, 2.75) is 6.18 Å². The number of urea groups is 1. The number of imide groups is 1. The quantitative estimate of drug-likeness (QED) is 0.774. The second kappa shape index (κ2) is 8.39. The predicted octanol–water partition coefficient (Wildman–Crippen LogP) is 1.89. The molecule has 0 saturated heterocycles. The van der Waals surface area contributed by atoms with Crippen molar-refractivity contribution >= 4 is 29.5 Å². The maximum atomic E-state index is 11.9. The maximum Gasteiger partial charge on any atom is 0.405 e. The van der Waals surface area contributed by atoms with Gasteiger partial charge in [0.1, 0.15) is 12.3 Å². The van der Waals surface area contributed by atoms with Gasteiger partial charge in [0.2, 0.25) is 0 Å². The van der Waals surface area contributed by atoms with Crippen LogP contribution in [-0.4, -0.2) is 44.3 Å². The molecule has 0 aliphatic rings. The molecule has 0 atom stereocenters. The number of carbonyl (C=O) groups is 3. The first-order chi connectivity index (χ1) is 11.1. The summed E-state index contributed by atoms with van der Waals surface area (Å²) >= 11 is 5.85. The number of hydrogen-bond donors (Lipinski definition) is 2. The van der Waals surface area contributed by atoms with E-state index in [2.05, 4.69) is 4.74 Å². The van der Waals surface area contributed by atoms with E-state index in [4.69, 9.17) is 16.3 Å². The number of nitrogens with one attached hydrogen (secondary N) is 2. The van der Waals surface area contributed by atoms with Gasteiger partial charge in [-0.3, -0.25) is 10.1 Å². The first-order valence-corrected chi connectivity index (χ1v) is 6.65. The number of amides is 3. The molecule has 0 aliphatic heterocycles. The van der Waals surface area contributed by atoms with Crippen LogP contribution in [0.2, 0.25) is 5.02 Å². The number of benzene rings is 1. The first-order valence-electron chi connectivity index (χ1n) is 6.27. The Morgan fingerprint density at radius 3 is 2.46 bits per heavy atom. The van der Waals surface area contributed by atoms with Crippen LogP contribution in [-0.2, 0) is 9.53 Å². The highest BCUT2D eigenvalue weighted by Gasteiger charge is 2.28. The highest BCUT2D eigenvalue weighted by molar-refractivity contribution is 6.32. The van der Waals surface area contributed by atoms with Crippen LogP contribution in [0.1, 0.15) is 10.4 Å². The topological polar surface area (TPSA) is 93.7 Å². The van der Waals surface area contributed by atoms with Gasteiger partial charge >= 0.3 is 18.2 Å². The fourth-order valence-electron chi connectivity index (χ4n) is 1.39. The molecule has 0 unspecified atom stereocenters. The minimum Gasteiger partial charge on any atom is -0.482 e. The molecule has 3 amide bonds. The molecule has 0 spiro atoms. The number of methoxy groups -OCH3 is 1. The molecule has 0 aromatic heterocycles. The standard InChI is InChI=1S/C13H12ClF3N2O5/c1-23-11(21)7-2-3-9(8(14)4-7)24-5-10(20)19-12(22)18-6-13(15,16)17/h2-4H,5-6H2,1H3,(H2,18,19,20,22). The van der Waals surface area contributed by atoms with Gasteiger partial charge in [0, 0.05) is 0 Å². The number of hydrogen-bond acceptors (Lipinski definition) is 5. The van der Waals surface area contributed by atoms with Crippen molar-refractivity contribution < 1.29 is 37.0 Å². The van der Waals surface area contributed by atoms with E-state index in [1.165, 1.54) is 30.6 Å². The van der Waals surface area contributed by atoms with Crippen molar-refractivity contribution in [1.29, 1.82) is 0 Å². The fraction of sp³-hybridized carbons (Fsp3) is 0.308. The highest BCUT2D eigenvalue weighted by Crippen LogP contribution is 2.25. The summed E-state index contributed by atoms with van der Waals surface area (Å²) in [5, 5.41) is 3.12. The van der Waals surface area contributed by atoms with E-state index in [9.17, 15) is 27.6 Å². The largest absolute Gasteiger partial charge is 0.482 e. The summed E-state index contributed by atoms with van der Waals surface area (Å²) in [5.41, 5.74) is 0.158. The van der Waals surface area contributed by atoms with Crippen molar-refractivity contribution in [3.05, 3.63) is 28.8 Å². The van der Waals surface area contributed by atoms with Crippen LogP contribution < -0.4 is 15.4 Å². The molecule has 1 rings (SSSR count). The second-order valence-corrected chi connectivity index (χ2v) is 4.68. The molecule has 0 radical (unpaired) electrons. The van der Waals surface area contributed by atoms with E-state index in [1.807, 2.05) is 0 Å². The number of carbonyl (C=O) groups excluding carboxylic acids is 3. The Kier molecular flexibility index (Phi) is 6.83. The van der Waals surface area contributed by atoms with E-state index >= 15 is 0 Å². The summed E-state index contributed by atoms with van der Waals surface area (Å²) in [5.74, 6) is -1.57. The Balaban J connectivity index is 2.50. The van der Waals surface area contributed by atoms with Crippen molar-refractivity contribution in [3.8, 4) is 5.75 Å². The second-order valence-electron chi connectivity index (χ2n) is 4.27. The van der Waals surface area contributed by atoms with Gasteiger partial charge < -0.3 is 14.8 Å². The van der Waals surface area contributed by atoms with Crippen LogP contribution in [0.15, 0.2) is 18.2 Å². The molecule has 0 heterocycles. The lowest BCUT2D eigenvalue weighted by Crippen LogP contribution is -2.44. The van der Waals surface area contributed by atoms with Crippen molar-refractivity contribution in [1.82, 2.24) is 10.6 Å². The molecule has 0 saturated carbocycles. The number of alkyl halides is 3. The molecule has 11 heteroatoms. The molecule has 7 nitrogen and oxygen atoms in total. The lowest BCUT2D eigenvalue weighted by Gasteiger charge is -2.10. The maximum absolute atomic E-state index is 11.9. The van der Waals surface area contributed by atoms with E-state index in [-0.39, 0.29) is 16.3 Å². The summed E-state index contributed by atoms with van der Waals surface area (Å²) in [6.07, 6.45) is -4.59. The van der Waals surface area contributed by atoms with E-state index < -0.39 is 37.2 Å². The molecular formula is C13H12ClF3N2O5. The average molecular weight is 369 g/mol. The van der Waals surface area contributed by atoms with Gasteiger partial charge in [-0.05, 0) is 18.2 Å². The number of halogens is 4. The minimum atomic E-state index is -4.59. The third-order valence-electron chi connectivity index (χ3n) is 2.41. The normalized spacial score (nSPS) is 10.7. The summed E-state index contributed by atoms with van der Waals surface area (Å²) in [7, 11) is 1.19. The van der Waals surface area contributed by atoms with Crippen LogP contribution in [0.3, 0.4) is 0 Å². The van der Waals surface area contributed by atoms with Crippen molar-refractivity contribution in [3.63, 3.8) is 0 Å². The average Bonchev–Trinajstić information content (AvgIpc) is 2.50. The molecule has 0 fully saturated rings. The van der Waals surface area contributed by atoms with Gasteiger partial charge in [-0.15, -0.1) is 0 Å². The first kappa shape index (κ1) is 19.6. The van der Waals surface area contributed by atoms with Gasteiger partial charge in [-0.25, -0.2) is 9.59 Å². The Bertz CT molecular complexity index is 637. The lowest BCUT2D eigenvalue weighted by molar-refractivity contribution is -0.125. The van der Waals surface area contributed by atoms with Crippen LogP contribution in [0.5, 0.6) is 5.75 Å². The Morgan fingerprint density at radius 1 is 1.25 bits per heavy atom. The smallest absolute Gasteiger partial charge is 0.405 e. The Morgan fingerprint density at radius 2 is 1.92 bits per heavy atom. The minimum absolute atomic E-state index is 0.00669. The van der Waals surface area contributed by atoms with Gasteiger partial charge in [0.15, 0.2) is 6.61 Å². The zero-order valence-corrected chi connectivity index (χ0v) is 13.0. The van der Waals surface area contributed by atoms with Gasteiger partial charge in [0.05, 0.1) is 17.7 Å². The lowest BCUT2D eigenvalue weighted by atomic mass is 10.2. The summed E-state index contributed by atoms with van der Waals surface area (Å²) < 4.78 is 45.2. The van der Waals surface area contributed by atoms with E-state index in [0.717, 1.165) is 0 Å². The zero-order chi connectivity index (χ0) is 18.3. The van der Waals surface area contributed by atoms with Crippen LogP contribution >= 0.6 is 11.6 Å². The van der Waals surface area contributed by atoms with Crippen LogP contribution in [0, 0.1) is 0 Å². The van der Waals surface area contributed by atoms with Crippen LogP contribution in [0.4, 0.5) is 18.0 Å². The number of rotatable bonds is 5. The molecule has 2 N–H and O–H groups in total. The van der Waals surface area contributed by atoms with E-state index in [1.54, 1.807) is 5.32 Å². The molecule has 1 aromatic rings. The number of ether oxygens (including phenoxy) is 2. The van der Waals surface area contributed by atoms with Crippen molar-refractivity contribution in [2.24, 2.45) is 0 Å². The van der Waals surface area contributed by atoms with E-state index in [0.29, 0.717) is 0 Å². The molecule has 0 aliphatic carbocycles.